The summed E-state index contributed by atoms with van der Waals surface area (Å²) in [5, 5.41) is 3.43. The predicted octanol–water partition coefficient (Wildman–Crippen LogP) is 1.50. The zero-order valence-electron chi connectivity index (χ0n) is 11.3. The third-order valence-electron chi connectivity index (χ3n) is 4.21. The summed E-state index contributed by atoms with van der Waals surface area (Å²) in [5.74, 6) is 0.256. The largest absolute Gasteiger partial charge is 0.378 e. The quantitative estimate of drug-likeness (QED) is 0.795. The molecule has 2 heterocycles. The summed E-state index contributed by atoms with van der Waals surface area (Å²) in [6.07, 6.45) is 3.16. The molecule has 2 saturated heterocycles. The first-order valence-corrected chi connectivity index (χ1v) is 6.70. The van der Waals surface area contributed by atoms with Crippen LogP contribution in [0.3, 0.4) is 0 Å². The van der Waals surface area contributed by atoms with Gasteiger partial charge in [-0.2, -0.15) is 0 Å². The maximum Gasteiger partial charge on any atom is 0.244 e. The topological polar surface area (TPSA) is 41.6 Å². The minimum absolute atomic E-state index is 0.141. The maximum atomic E-state index is 12.5. The Morgan fingerprint density at radius 3 is 2.76 bits per heavy atom. The number of carbonyl (C=O) groups is 1. The van der Waals surface area contributed by atoms with Crippen LogP contribution in [-0.2, 0) is 9.53 Å². The number of ether oxygens (including phenoxy) is 1. The highest BCUT2D eigenvalue weighted by Gasteiger charge is 2.47. The van der Waals surface area contributed by atoms with Crippen molar-refractivity contribution in [3.63, 3.8) is 0 Å². The number of hydrogen-bond donors (Lipinski definition) is 1. The highest BCUT2D eigenvalue weighted by molar-refractivity contribution is 5.88. The van der Waals surface area contributed by atoms with E-state index in [4.69, 9.17) is 4.74 Å². The van der Waals surface area contributed by atoms with E-state index in [2.05, 4.69) is 26.1 Å². The molecule has 0 aromatic heterocycles. The van der Waals surface area contributed by atoms with Crippen molar-refractivity contribution in [1.29, 1.82) is 0 Å². The minimum atomic E-state index is -0.374. The Morgan fingerprint density at radius 2 is 2.24 bits per heavy atom. The van der Waals surface area contributed by atoms with E-state index in [0.29, 0.717) is 6.04 Å². The van der Waals surface area contributed by atoms with Gasteiger partial charge in [0, 0.05) is 12.6 Å². The Kier molecular flexibility index (Phi) is 3.46. The molecule has 98 valence electrons. The molecule has 0 bridgehead atoms. The molecule has 17 heavy (non-hydrogen) atoms. The number of hydrogen-bond acceptors (Lipinski definition) is 3. The van der Waals surface area contributed by atoms with Crippen LogP contribution in [0.5, 0.6) is 0 Å². The molecule has 2 fully saturated rings. The van der Waals surface area contributed by atoms with Gasteiger partial charge in [-0.1, -0.05) is 6.92 Å². The van der Waals surface area contributed by atoms with Crippen LogP contribution >= 0.6 is 0 Å². The normalized spacial score (nSPS) is 43.2. The lowest BCUT2D eigenvalue weighted by Gasteiger charge is -2.36. The summed E-state index contributed by atoms with van der Waals surface area (Å²) in [5.41, 5.74) is -0.374. The smallest absolute Gasteiger partial charge is 0.244 e. The Balaban J connectivity index is 2.13. The van der Waals surface area contributed by atoms with Gasteiger partial charge in [0.2, 0.25) is 5.91 Å². The summed E-state index contributed by atoms with van der Waals surface area (Å²) in [4.78, 5) is 14.5. The van der Waals surface area contributed by atoms with E-state index < -0.39 is 0 Å². The molecular weight excluding hydrogens is 216 g/mol. The van der Waals surface area contributed by atoms with Crippen LogP contribution in [0.2, 0.25) is 0 Å². The summed E-state index contributed by atoms with van der Waals surface area (Å²) in [6.45, 7) is 9.01. The van der Waals surface area contributed by atoms with E-state index in [1.54, 1.807) is 0 Å². The van der Waals surface area contributed by atoms with Gasteiger partial charge in [-0.3, -0.25) is 10.1 Å². The fraction of sp³-hybridized carbons (Fsp3) is 0.923. The summed E-state index contributed by atoms with van der Waals surface area (Å²) < 4.78 is 5.56. The monoisotopic (exact) mass is 240 g/mol. The number of nitrogens with zero attached hydrogens (tertiary/aromatic N) is 1. The van der Waals surface area contributed by atoms with Crippen LogP contribution in [0.1, 0.15) is 47.0 Å². The summed E-state index contributed by atoms with van der Waals surface area (Å²) in [7, 11) is 0. The predicted molar refractivity (Wildman–Crippen MR) is 66.6 cm³/mol. The molecule has 0 spiro atoms. The van der Waals surface area contributed by atoms with Gasteiger partial charge < -0.3 is 9.64 Å². The second-order valence-electron chi connectivity index (χ2n) is 5.58. The van der Waals surface area contributed by atoms with Crippen LogP contribution in [0.4, 0.5) is 0 Å². The van der Waals surface area contributed by atoms with E-state index in [1.807, 2.05) is 11.8 Å². The average Bonchev–Trinajstić information content (AvgIpc) is 2.50. The van der Waals surface area contributed by atoms with Gasteiger partial charge in [-0.25, -0.2) is 0 Å². The first-order valence-electron chi connectivity index (χ1n) is 6.70. The fourth-order valence-corrected chi connectivity index (χ4v) is 3.02. The fourth-order valence-electron chi connectivity index (χ4n) is 3.02. The Labute approximate surface area is 104 Å². The Morgan fingerprint density at radius 1 is 1.53 bits per heavy atom. The van der Waals surface area contributed by atoms with E-state index in [0.717, 1.165) is 25.9 Å². The lowest BCUT2D eigenvalue weighted by atomic mass is 9.97. The molecule has 0 saturated carbocycles. The first kappa shape index (κ1) is 12.8. The number of carbonyl (C=O) groups excluding carboxylic acids is 1. The second kappa shape index (κ2) is 4.58. The van der Waals surface area contributed by atoms with Crippen LogP contribution in [0, 0.1) is 0 Å². The standard InChI is InChI=1S/C13H24N2O2/c1-5-13(4)12(16)15(10(3)14-13)11-6-7-17-9(2)8-11/h9-11,14H,5-8H2,1-4H3. The maximum absolute atomic E-state index is 12.5. The number of rotatable bonds is 2. The molecule has 4 nitrogen and oxygen atoms in total. The van der Waals surface area contributed by atoms with Crippen LogP contribution in [0.15, 0.2) is 0 Å². The van der Waals surface area contributed by atoms with E-state index in [1.165, 1.54) is 0 Å². The van der Waals surface area contributed by atoms with Crippen molar-refractivity contribution in [2.24, 2.45) is 0 Å². The lowest BCUT2D eigenvalue weighted by molar-refractivity contribution is -0.137. The highest BCUT2D eigenvalue weighted by atomic mass is 16.5. The molecular formula is C13H24N2O2. The van der Waals surface area contributed by atoms with Crippen LogP contribution < -0.4 is 5.32 Å². The molecule has 1 N–H and O–H groups in total. The molecule has 0 radical (unpaired) electrons. The van der Waals surface area contributed by atoms with Crippen molar-refractivity contribution in [2.45, 2.75) is 70.8 Å². The SMILES string of the molecule is CCC1(C)NC(C)N(C2CCOC(C)C2)C1=O. The van der Waals surface area contributed by atoms with Gasteiger partial charge in [0.05, 0.1) is 17.8 Å². The van der Waals surface area contributed by atoms with Crippen LogP contribution in [0.25, 0.3) is 0 Å². The third-order valence-corrected chi connectivity index (χ3v) is 4.21. The molecule has 2 rings (SSSR count). The van der Waals surface area contributed by atoms with E-state index in [-0.39, 0.29) is 23.7 Å². The van der Waals surface area contributed by atoms with Gasteiger partial charge >= 0.3 is 0 Å². The van der Waals surface area contributed by atoms with Gasteiger partial charge in [0.1, 0.15) is 0 Å². The van der Waals surface area contributed by atoms with Gasteiger partial charge in [-0.15, -0.1) is 0 Å². The molecule has 0 aromatic carbocycles. The third kappa shape index (κ3) is 2.20. The van der Waals surface area contributed by atoms with Crippen molar-refractivity contribution in [1.82, 2.24) is 10.2 Å². The molecule has 4 unspecified atom stereocenters. The Hall–Kier alpha value is -0.610. The molecule has 0 aromatic rings. The van der Waals surface area contributed by atoms with Gasteiger partial charge in [0.15, 0.2) is 0 Å². The molecule has 4 atom stereocenters. The minimum Gasteiger partial charge on any atom is -0.378 e. The summed E-state index contributed by atoms with van der Waals surface area (Å²) >= 11 is 0. The van der Waals surface area contributed by atoms with Crippen LogP contribution in [-0.4, -0.2) is 41.3 Å². The molecule has 1 amide bonds. The van der Waals surface area contributed by atoms with Gasteiger partial charge in [-0.05, 0) is 40.0 Å². The number of amides is 1. The van der Waals surface area contributed by atoms with Crippen molar-refractivity contribution in [2.75, 3.05) is 6.61 Å². The first-order chi connectivity index (χ1) is 7.98. The number of nitrogens with one attached hydrogen (secondary N) is 1. The van der Waals surface area contributed by atoms with Crippen molar-refractivity contribution in [3.8, 4) is 0 Å². The highest BCUT2D eigenvalue weighted by Crippen LogP contribution is 2.29. The summed E-state index contributed by atoms with van der Waals surface area (Å²) in [6, 6.07) is 0.335. The molecule has 0 aliphatic carbocycles. The van der Waals surface area contributed by atoms with E-state index >= 15 is 0 Å². The zero-order chi connectivity index (χ0) is 12.6. The average molecular weight is 240 g/mol. The second-order valence-corrected chi connectivity index (χ2v) is 5.58. The molecule has 4 heteroatoms. The van der Waals surface area contributed by atoms with Crippen molar-refractivity contribution < 1.29 is 9.53 Å². The molecule has 2 aliphatic heterocycles. The van der Waals surface area contributed by atoms with E-state index in [9.17, 15) is 4.79 Å². The van der Waals surface area contributed by atoms with Crippen molar-refractivity contribution >= 4 is 5.91 Å². The van der Waals surface area contributed by atoms with Gasteiger partial charge in [0.25, 0.3) is 0 Å². The molecule has 2 aliphatic rings. The Bertz CT molecular complexity index is 308. The zero-order valence-corrected chi connectivity index (χ0v) is 11.3. The lowest BCUT2D eigenvalue weighted by Crippen LogP contribution is -2.48. The van der Waals surface area contributed by atoms with Crippen molar-refractivity contribution in [3.05, 3.63) is 0 Å².